The molecule has 0 bridgehead atoms. The van der Waals surface area contributed by atoms with Crippen molar-refractivity contribution in [2.45, 2.75) is 6.10 Å². The Labute approximate surface area is 165 Å². The fraction of sp³-hybridized carbons (Fsp3) is 0.250. The first-order valence-electron chi connectivity index (χ1n) is 9.04. The van der Waals surface area contributed by atoms with Crippen LogP contribution in [0.25, 0.3) is 10.8 Å². The van der Waals surface area contributed by atoms with Crippen LogP contribution < -0.4 is 15.8 Å². The number of hydrogen-bond donors (Lipinski definition) is 2. The number of anilines is 2. The van der Waals surface area contributed by atoms with Crippen molar-refractivity contribution >= 4 is 28.1 Å². The number of aromatic nitrogens is 2. The maximum Gasteiger partial charge on any atom is 0.276 e. The van der Waals surface area contributed by atoms with Crippen molar-refractivity contribution in [1.82, 2.24) is 9.97 Å². The molecule has 0 spiro atoms. The Morgan fingerprint density at radius 1 is 1.28 bits per heavy atom. The van der Waals surface area contributed by atoms with E-state index in [1.54, 1.807) is 24.3 Å². The smallest absolute Gasteiger partial charge is 0.276 e. The van der Waals surface area contributed by atoms with Crippen LogP contribution in [-0.4, -0.2) is 48.4 Å². The molecule has 4 rings (SSSR count). The predicted molar refractivity (Wildman–Crippen MR) is 104 cm³/mol. The number of hydrogen-bond acceptors (Lipinski definition) is 7. The highest BCUT2D eigenvalue weighted by molar-refractivity contribution is 6.07. The van der Waals surface area contributed by atoms with Gasteiger partial charge in [0.1, 0.15) is 18.5 Å². The van der Waals surface area contributed by atoms with Crippen molar-refractivity contribution < 1.29 is 23.4 Å². The Kier molecular flexibility index (Phi) is 5.50. The largest absolute Gasteiger partial charge is 0.474 e. The SMILES string of the molecule is Nc1cccnc1C(=O)Nc1cc(F)c2c(OCC3COCCO3)nccc2c1. The minimum absolute atomic E-state index is 0.0708. The topological polar surface area (TPSA) is 109 Å². The average Bonchev–Trinajstić information content (AvgIpc) is 2.73. The van der Waals surface area contributed by atoms with E-state index in [1.165, 1.54) is 18.5 Å². The van der Waals surface area contributed by atoms with Gasteiger partial charge in [0, 0.05) is 18.1 Å². The number of ether oxygens (including phenoxy) is 3. The minimum Gasteiger partial charge on any atom is -0.474 e. The molecule has 1 amide bonds. The van der Waals surface area contributed by atoms with Crippen LogP contribution in [0, 0.1) is 5.82 Å². The summed E-state index contributed by atoms with van der Waals surface area (Å²) >= 11 is 0. The molecular formula is C20H19FN4O4. The fourth-order valence-corrected chi connectivity index (χ4v) is 3.02. The number of rotatable bonds is 5. The molecule has 0 saturated carbocycles. The van der Waals surface area contributed by atoms with Gasteiger partial charge < -0.3 is 25.3 Å². The zero-order valence-corrected chi connectivity index (χ0v) is 15.4. The molecule has 1 aliphatic heterocycles. The van der Waals surface area contributed by atoms with Gasteiger partial charge in [-0.2, -0.15) is 0 Å². The lowest BCUT2D eigenvalue weighted by atomic mass is 10.1. The van der Waals surface area contributed by atoms with Crippen molar-refractivity contribution in [3.63, 3.8) is 0 Å². The molecule has 0 radical (unpaired) electrons. The van der Waals surface area contributed by atoms with Gasteiger partial charge in [0.15, 0.2) is 5.69 Å². The van der Waals surface area contributed by atoms with Crippen LogP contribution in [-0.2, 0) is 9.47 Å². The summed E-state index contributed by atoms with van der Waals surface area (Å²) in [6.45, 7) is 1.66. The second-order valence-corrected chi connectivity index (χ2v) is 6.45. The highest BCUT2D eigenvalue weighted by atomic mass is 19.1. The van der Waals surface area contributed by atoms with Crippen molar-refractivity contribution in [2.75, 3.05) is 37.5 Å². The van der Waals surface area contributed by atoms with Gasteiger partial charge in [0.25, 0.3) is 5.91 Å². The Bertz CT molecular complexity index is 1040. The number of pyridine rings is 2. The Hall–Kier alpha value is -3.30. The van der Waals surface area contributed by atoms with E-state index in [0.29, 0.717) is 25.2 Å². The molecule has 9 heteroatoms. The van der Waals surface area contributed by atoms with E-state index in [4.69, 9.17) is 19.9 Å². The summed E-state index contributed by atoms with van der Waals surface area (Å²) in [6.07, 6.45) is 2.74. The lowest BCUT2D eigenvalue weighted by Crippen LogP contribution is -2.33. The molecule has 3 aromatic rings. The Balaban J connectivity index is 1.55. The van der Waals surface area contributed by atoms with Crippen molar-refractivity contribution in [2.24, 2.45) is 0 Å². The van der Waals surface area contributed by atoms with Gasteiger partial charge in [-0.15, -0.1) is 0 Å². The fourth-order valence-electron chi connectivity index (χ4n) is 3.02. The lowest BCUT2D eigenvalue weighted by molar-refractivity contribution is -0.101. The first-order valence-corrected chi connectivity index (χ1v) is 9.04. The van der Waals surface area contributed by atoms with E-state index < -0.39 is 11.7 Å². The zero-order chi connectivity index (χ0) is 20.2. The summed E-state index contributed by atoms with van der Waals surface area (Å²) in [5.41, 5.74) is 6.35. The number of amides is 1. The van der Waals surface area contributed by atoms with Crippen LogP contribution in [0.3, 0.4) is 0 Å². The van der Waals surface area contributed by atoms with E-state index in [1.807, 2.05) is 0 Å². The average molecular weight is 398 g/mol. The predicted octanol–water partition coefficient (Wildman–Crippen LogP) is 2.40. The zero-order valence-electron chi connectivity index (χ0n) is 15.4. The normalized spacial score (nSPS) is 16.5. The van der Waals surface area contributed by atoms with Crippen LogP contribution in [0.5, 0.6) is 5.88 Å². The number of benzene rings is 1. The van der Waals surface area contributed by atoms with Crippen molar-refractivity contribution in [3.8, 4) is 5.88 Å². The standard InChI is InChI=1S/C20H19FN4O4/c21-15-9-13(25-19(26)18-16(22)2-1-4-23-18)8-12-3-5-24-20(17(12)15)29-11-14-10-27-6-7-28-14/h1-5,8-9,14H,6-7,10-11,22H2,(H,25,26). The molecule has 3 heterocycles. The van der Waals surface area contributed by atoms with Crippen molar-refractivity contribution in [1.29, 1.82) is 0 Å². The maximum atomic E-state index is 14.8. The van der Waals surface area contributed by atoms with Gasteiger partial charge in [-0.3, -0.25) is 4.79 Å². The number of nitrogens with two attached hydrogens (primary N) is 1. The second kappa shape index (κ2) is 8.38. The molecule has 2 aromatic heterocycles. The van der Waals surface area contributed by atoms with E-state index >= 15 is 0 Å². The third-order valence-electron chi connectivity index (χ3n) is 4.38. The van der Waals surface area contributed by atoms with Gasteiger partial charge in [0.2, 0.25) is 5.88 Å². The molecule has 1 saturated heterocycles. The molecule has 150 valence electrons. The van der Waals surface area contributed by atoms with E-state index in [2.05, 4.69) is 15.3 Å². The van der Waals surface area contributed by atoms with Crippen LogP contribution in [0.1, 0.15) is 10.5 Å². The first-order chi connectivity index (χ1) is 14.1. The van der Waals surface area contributed by atoms with Gasteiger partial charge in [-0.05, 0) is 35.7 Å². The van der Waals surface area contributed by atoms with Gasteiger partial charge >= 0.3 is 0 Å². The van der Waals surface area contributed by atoms with Gasteiger partial charge in [0.05, 0.1) is 30.9 Å². The number of carbonyl (C=O) groups excluding carboxylic acids is 1. The molecule has 8 nitrogen and oxygen atoms in total. The number of nitrogens with one attached hydrogen (secondary N) is 1. The molecule has 0 aliphatic carbocycles. The van der Waals surface area contributed by atoms with Gasteiger partial charge in [-0.1, -0.05) is 0 Å². The highest BCUT2D eigenvalue weighted by Gasteiger charge is 2.18. The molecule has 1 unspecified atom stereocenters. The number of fused-ring (bicyclic) bond motifs is 1. The highest BCUT2D eigenvalue weighted by Crippen LogP contribution is 2.29. The van der Waals surface area contributed by atoms with E-state index in [9.17, 15) is 9.18 Å². The Morgan fingerprint density at radius 3 is 2.97 bits per heavy atom. The summed E-state index contributed by atoms with van der Waals surface area (Å²) in [5.74, 6) is -0.946. The molecular weight excluding hydrogens is 379 g/mol. The summed E-state index contributed by atoms with van der Waals surface area (Å²) in [7, 11) is 0. The third kappa shape index (κ3) is 4.25. The molecule has 1 atom stereocenters. The minimum atomic E-state index is -0.573. The number of nitrogen functional groups attached to an aromatic ring is 1. The lowest BCUT2D eigenvalue weighted by Gasteiger charge is -2.23. The molecule has 1 fully saturated rings. The maximum absolute atomic E-state index is 14.8. The van der Waals surface area contributed by atoms with E-state index in [-0.39, 0.29) is 41.0 Å². The van der Waals surface area contributed by atoms with Crippen LogP contribution in [0.4, 0.5) is 15.8 Å². The monoisotopic (exact) mass is 398 g/mol. The van der Waals surface area contributed by atoms with Crippen LogP contribution >= 0.6 is 0 Å². The first kappa shape index (κ1) is 19.0. The Morgan fingerprint density at radius 2 is 2.17 bits per heavy atom. The molecule has 3 N–H and O–H groups in total. The number of halogens is 1. The van der Waals surface area contributed by atoms with E-state index in [0.717, 1.165) is 0 Å². The molecule has 1 aromatic carbocycles. The van der Waals surface area contributed by atoms with Crippen LogP contribution in [0.15, 0.2) is 42.7 Å². The molecule has 29 heavy (non-hydrogen) atoms. The quantitative estimate of drug-likeness (QED) is 0.679. The van der Waals surface area contributed by atoms with Crippen molar-refractivity contribution in [3.05, 3.63) is 54.2 Å². The second-order valence-electron chi connectivity index (χ2n) is 6.45. The third-order valence-corrected chi connectivity index (χ3v) is 4.38. The number of carbonyl (C=O) groups is 1. The summed E-state index contributed by atoms with van der Waals surface area (Å²) < 4.78 is 31.4. The number of nitrogens with zero attached hydrogens (tertiary/aromatic N) is 2. The molecule has 1 aliphatic rings. The van der Waals surface area contributed by atoms with Crippen LogP contribution in [0.2, 0.25) is 0 Å². The summed E-state index contributed by atoms with van der Waals surface area (Å²) in [4.78, 5) is 20.5. The summed E-state index contributed by atoms with van der Waals surface area (Å²) in [6, 6.07) is 7.66. The summed E-state index contributed by atoms with van der Waals surface area (Å²) in [5, 5.41) is 3.37. The van der Waals surface area contributed by atoms with Gasteiger partial charge in [-0.25, -0.2) is 14.4 Å².